The van der Waals surface area contributed by atoms with Crippen LogP contribution in [0.15, 0.2) is 16.6 Å². The van der Waals surface area contributed by atoms with Crippen LogP contribution in [0, 0.1) is 17.0 Å². The van der Waals surface area contributed by atoms with Gasteiger partial charge in [-0.2, -0.15) is 0 Å². The molecule has 0 fully saturated rings. The SMILES string of the molecule is Cc1cc(NCC(C)N)c(Br)cc1[N+](=O)[O-]. The van der Waals surface area contributed by atoms with E-state index in [0.29, 0.717) is 16.6 Å². The van der Waals surface area contributed by atoms with Gasteiger partial charge in [0, 0.05) is 34.4 Å². The molecule has 16 heavy (non-hydrogen) atoms. The van der Waals surface area contributed by atoms with E-state index >= 15 is 0 Å². The largest absolute Gasteiger partial charge is 0.383 e. The maximum absolute atomic E-state index is 10.7. The Morgan fingerprint density at radius 1 is 1.62 bits per heavy atom. The third kappa shape index (κ3) is 3.18. The summed E-state index contributed by atoms with van der Waals surface area (Å²) in [5.74, 6) is 0. The number of nitrogens with zero attached hydrogens (tertiary/aromatic N) is 1. The number of rotatable bonds is 4. The predicted octanol–water partition coefficient (Wildman–Crippen LogP) is 2.42. The molecule has 88 valence electrons. The average molecular weight is 288 g/mol. The lowest BCUT2D eigenvalue weighted by Crippen LogP contribution is -2.25. The fourth-order valence-corrected chi connectivity index (χ4v) is 1.75. The number of hydrogen-bond donors (Lipinski definition) is 2. The van der Waals surface area contributed by atoms with Crippen molar-refractivity contribution in [3.05, 3.63) is 32.3 Å². The molecule has 0 aliphatic carbocycles. The summed E-state index contributed by atoms with van der Waals surface area (Å²) in [7, 11) is 0. The van der Waals surface area contributed by atoms with Gasteiger partial charge >= 0.3 is 0 Å². The minimum absolute atomic E-state index is 0.0300. The summed E-state index contributed by atoms with van der Waals surface area (Å²) in [6, 6.07) is 3.27. The quantitative estimate of drug-likeness (QED) is 0.658. The van der Waals surface area contributed by atoms with Crippen LogP contribution in [0.25, 0.3) is 0 Å². The summed E-state index contributed by atoms with van der Waals surface area (Å²) >= 11 is 3.29. The second-order valence-corrected chi connectivity index (χ2v) is 4.59. The van der Waals surface area contributed by atoms with Crippen LogP contribution in [0.3, 0.4) is 0 Å². The minimum atomic E-state index is -0.393. The molecule has 3 N–H and O–H groups in total. The molecular weight excluding hydrogens is 274 g/mol. The van der Waals surface area contributed by atoms with Crippen LogP contribution in [0.1, 0.15) is 12.5 Å². The van der Waals surface area contributed by atoms with E-state index in [2.05, 4.69) is 21.2 Å². The predicted molar refractivity (Wildman–Crippen MR) is 67.7 cm³/mol. The number of nitrogens with one attached hydrogen (secondary N) is 1. The zero-order chi connectivity index (χ0) is 12.3. The Labute approximate surface area is 102 Å². The summed E-state index contributed by atoms with van der Waals surface area (Å²) in [5, 5.41) is 13.8. The highest BCUT2D eigenvalue weighted by Gasteiger charge is 2.13. The number of anilines is 1. The van der Waals surface area contributed by atoms with Gasteiger partial charge in [-0.1, -0.05) is 0 Å². The molecule has 1 rings (SSSR count). The maximum atomic E-state index is 10.7. The molecule has 0 saturated carbocycles. The Kier molecular flexibility index (Phi) is 4.26. The van der Waals surface area contributed by atoms with Crippen molar-refractivity contribution in [2.24, 2.45) is 5.73 Å². The van der Waals surface area contributed by atoms with Crippen LogP contribution in [-0.2, 0) is 0 Å². The van der Waals surface area contributed by atoms with E-state index < -0.39 is 4.92 Å². The van der Waals surface area contributed by atoms with E-state index in [-0.39, 0.29) is 11.7 Å². The van der Waals surface area contributed by atoms with E-state index in [0.717, 1.165) is 5.69 Å². The van der Waals surface area contributed by atoms with E-state index in [1.807, 2.05) is 6.92 Å². The lowest BCUT2D eigenvalue weighted by molar-refractivity contribution is -0.385. The standard InChI is InChI=1S/C10H14BrN3O2/c1-6-3-9(13-5-7(2)12)8(11)4-10(6)14(15)16/h3-4,7,13H,5,12H2,1-2H3. The first-order chi connectivity index (χ1) is 7.41. The first-order valence-electron chi connectivity index (χ1n) is 4.85. The van der Waals surface area contributed by atoms with Crippen LogP contribution in [0.2, 0.25) is 0 Å². The van der Waals surface area contributed by atoms with Gasteiger partial charge in [0.1, 0.15) is 0 Å². The Morgan fingerprint density at radius 3 is 2.75 bits per heavy atom. The molecule has 0 spiro atoms. The summed E-state index contributed by atoms with van der Waals surface area (Å²) in [6.07, 6.45) is 0. The molecule has 0 aromatic heterocycles. The third-order valence-corrected chi connectivity index (χ3v) is 2.75. The molecule has 0 aliphatic heterocycles. The van der Waals surface area contributed by atoms with E-state index in [1.54, 1.807) is 13.0 Å². The summed E-state index contributed by atoms with van der Waals surface area (Å²) in [5.41, 5.74) is 7.18. The molecule has 0 bridgehead atoms. The Balaban J connectivity index is 2.96. The molecular formula is C10H14BrN3O2. The minimum Gasteiger partial charge on any atom is -0.383 e. The molecule has 1 atom stereocenters. The van der Waals surface area contributed by atoms with Crippen LogP contribution in [0.4, 0.5) is 11.4 Å². The molecule has 0 radical (unpaired) electrons. The first kappa shape index (κ1) is 12.9. The number of nitrogens with two attached hydrogens (primary N) is 1. The third-order valence-electron chi connectivity index (χ3n) is 2.10. The fourth-order valence-electron chi connectivity index (χ4n) is 1.27. The van der Waals surface area contributed by atoms with Crippen molar-refractivity contribution in [1.29, 1.82) is 0 Å². The highest BCUT2D eigenvalue weighted by atomic mass is 79.9. The first-order valence-corrected chi connectivity index (χ1v) is 5.65. The van der Waals surface area contributed by atoms with Crippen molar-refractivity contribution in [3.63, 3.8) is 0 Å². The second kappa shape index (κ2) is 5.27. The van der Waals surface area contributed by atoms with E-state index in [4.69, 9.17) is 5.73 Å². The number of nitro benzene ring substituents is 1. The van der Waals surface area contributed by atoms with Crippen molar-refractivity contribution in [2.75, 3.05) is 11.9 Å². The smallest absolute Gasteiger partial charge is 0.273 e. The molecule has 0 heterocycles. The highest BCUT2D eigenvalue weighted by molar-refractivity contribution is 9.10. The number of aryl methyl sites for hydroxylation is 1. The summed E-state index contributed by atoms with van der Waals surface area (Å²) < 4.78 is 0.672. The summed E-state index contributed by atoms with van der Waals surface area (Å²) in [6.45, 7) is 4.22. The fraction of sp³-hybridized carbons (Fsp3) is 0.400. The Bertz CT molecular complexity index is 407. The van der Waals surface area contributed by atoms with Crippen molar-refractivity contribution in [2.45, 2.75) is 19.9 Å². The lowest BCUT2D eigenvalue weighted by Gasteiger charge is -2.11. The Hall–Kier alpha value is -1.14. The summed E-state index contributed by atoms with van der Waals surface area (Å²) in [4.78, 5) is 10.3. The van der Waals surface area contributed by atoms with Gasteiger partial charge in [-0.15, -0.1) is 0 Å². The normalized spacial score (nSPS) is 12.2. The monoisotopic (exact) mass is 287 g/mol. The van der Waals surface area contributed by atoms with Crippen molar-refractivity contribution in [1.82, 2.24) is 0 Å². The molecule has 1 unspecified atom stereocenters. The van der Waals surface area contributed by atoms with Gasteiger partial charge in [0.25, 0.3) is 5.69 Å². The van der Waals surface area contributed by atoms with Crippen LogP contribution >= 0.6 is 15.9 Å². The topological polar surface area (TPSA) is 81.2 Å². The molecule has 0 amide bonds. The van der Waals surface area contributed by atoms with Gasteiger partial charge in [0.05, 0.1) is 4.92 Å². The number of halogens is 1. The molecule has 6 heteroatoms. The van der Waals surface area contributed by atoms with Gasteiger partial charge in [-0.05, 0) is 35.8 Å². The number of hydrogen-bond acceptors (Lipinski definition) is 4. The van der Waals surface area contributed by atoms with Crippen LogP contribution < -0.4 is 11.1 Å². The van der Waals surface area contributed by atoms with E-state index in [9.17, 15) is 10.1 Å². The van der Waals surface area contributed by atoms with Crippen LogP contribution in [-0.4, -0.2) is 17.5 Å². The highest BCUT2D eigenvalue weighted by Crippen LogP contribution is 2.30. The number of benzene rings is 1. The van der Waals surface area contributed by atoms with Crippen LogP contribution in [0.5, 0.6) is 0 Å². The molecule has 1 aromatic rings. The van der Waals surface area contributed by atoms with Gasteiger partial charge in [0.15, 0.2) is 0 Å². The average Bonchev–Trinajstić information content (AvgIpc) is 2.18. The zero-order valence-electron chi connectivity index (χ0n) is 9.16. The van der Waals surface area contributed by atoms with Crippen molar-refractivity contribution < 1.29 is 4.92 Å². The van der Waals surface area contributed by atoms with Gasteiger partial charge in [-0.3, -0.25) is 10.1 Å². The van der Waals surface area contributed by atoms with Gasteiger partial charge in [0.2, 0.25) is 0 Å². The lowest BCUT2D eigenvalue weighted by atomic mass is 10.2. The number of nitro groups is 1. The van der Waals surface area contributed by atoms with Gasteiger partial charge in [-0.25, -0.2) is 0 Å². The second-order valence-electron chi connectivity index (χ2n) is 3.73. The maximum Gasteiger partial charge on any atom is 0.273 e. The van der Waals surface area contributed by atoms with Gasteiger partial charge < -0.3 is 11.1 Å². The van der Waals surface area contributed by atoms with Crippen molar-refractivity contribution >= 4 is 27.3 Å². The molecule has 0 saturated heterocycles. The molecule has 1 aromatic carbocycles. The molecule has 5 nitrogen and oxygen atoms in total. The zero-order valence-corrected chi connectivity index (χ0v) is 10.7. The van der Waals surface area contributed by atoms with Crippen molar-refractivity contribution in [3.8, 4) is 0 Å². The Morgan fingerprint density at radius 2 is 2.25 bits per heavy atom. The van der Waals surface area contributed by atoms with E-state index in [1.165, 1.54) is 6.07 Å². The molecule has 0 aliphatic rings.